The zero-order chi connectivity index (χ0) is 15.1. The van der Waals surface area contributed by atoms with E-state index in [-0.39, 0.29) is 18.6 Å². The largest absolute Gasteiger partial charge is 0.447 e. The fourth-order valence-electron chi connectivity index (χ4n) is 1.44. The molecule has 6 heteroatoms. The minimum atomic E-state index is -0.558. The molecule has 0 bridgehead atoms. The number of ether oxygens (including phenoxy) is 2. The topological polar surface area (TPSA) is 76.7 Å². The maximum Gasteiger partial charge on any atom is 0.411 e. The van der Waals surface area contributed by atoms with E-state index < -0.39 is 6.09 Å². The Morgan fingerprint density at radius 2 is 2.00 bits per heavy atom. The van der Waals surface area contributed by atoms with Crippen LogP contribution in [0, 0.1) is 6.92 Å². The van der Waals surface area contributed by atoms with Gasteiger partial charge in [-0.15, -0.1) is 0 Å². The van der Waals surface area contributed by atoms with Crippen LogP contribution < -0.4 is 10.6 Å². The van der Waals surface area contributed by atoms with Gasteiger partial charge >= 0.3 is 6.09 Å². The fourth-order valence-corrected chi connectivity index (χ4v) is 1.44. The molecule has 1 atom stereocenters. The normalized spacial score (nSPS) is 11.6. The highest BCUT2D eigenvalue weighted by molar-refractivity contribution is 5.91. The van der Waals surface area contributed by atoms with Crippen LogP contribution in [-0.2, 0) is 14.3 Å². The molecule has 0 heterocycles. The number of amides is 2. The Morgan fingerprint density at radius 1 is 1.30 bits per heavy atom. The van der Waals surface area contributed by atoms with Crippen LogP contribution in [0.3, 0.4) is 0 Å². The van der Waals surface area contributed by atoms with Crippen LogP contribution >= 0.6 is 0 Å². The molecule has 0 aliphatic rings. The van der Waals surface area contributed by atoms with Gasteiger partial charge in [0.05, 0.1) is 6.10 Å². The van der Waals surface area contributed by atoms with Gasteiger partial charge in [-0.05, 0) is 31.5 Å². The second kappa shape index (κ2) is 7.49. The summed E-state index contributed by atoms with van der Waals surface area (Å²) in [6, 6.07) is 5.25. The third kappa shape index (κ3) is 5.27. The zero-order valence-electron chi connectivity index (χ0n) is 12.1. The van der Waals surface area contributed by atoms with Gasteiger partial charge in [-0.2, -0.15) is 0 Å². The van der Waals surface area contributed by atoms with Gasteiger partial charge in [0.2, 0.25) is 5.91 Å². The number of rotatable bonds is 5. The third-order valence-electron chi connectivity index (χ3n) is 2.65. The van der Waals surface area contributed by atoms with Crippen molar-refractivity contribution in [2.24, 2.45) is 0 Å². The predicted octanol–water partition coefficient (Wildman–Crippen LogP) is 2.54. The van der Waals surface area contributed by atoms with E-state index in [0.29, 0.717) is 11.4 Å². The molecule has 0 saturated carbocycles. The van der Waals surface area contributed by atoms with Gasteiger partial charge in [-0.25, -0.2) is 4.79 Å². The summed E-state index contributed by atoms with van der Waals surface area (Å²) in [5.41, 5.74) is 2.07. The molecular formula is C14H20N2O4. The summed E-state index contributed by atoms with van der Waals surface area (Å²) >= 11 is 0. The minimum Gasteiger partial charge on any atom is -0.447 e. The molecular weight excluding hydrogens is 260 g/mol. The number of benzene rings is 1. The summed E-state index contributed by atoms with van der Waals surface area (Å²) in [7, 11) is 1.55. The molecule has 20 heavy (non-hydrogen) atoms. The average Bonchev–Trinajstić information content (AvgIpc) is 2.39. The smallest absolute Gasteiger partial charge is 0.411 e. The summed E-state index contributed by atoms with van der Waals surface area (Å²) in [5.74, 6) is -0.170. The number of hydrogen-bond donors (Lipinski definition) is 2. The Hall–Kier alpha value is -2.08. The highest BCUT2D eigenvalue weighted by atomic mass is 16.6. The summed E-state index contributed by atoms with van der Waals surface area (Å²) in [6.45, 7) is 5.25. The molecule has 0 radical (unpaired) electrons. The number of anilines is 2. The number of carbonyl (C=O) groups excluding carboxylic acids is 2. The van der Waals surface area contributed by atoms with Crippen LogP contribution in [0.4, 0.5) is 16.2 Å². The first-order chi connectivity index (χ1) is 9.42. The SMILES string of the molecule is COC(C)COC(=O)Nc1cc(NC(C)=O)ccc1C. The van der Waals surface area contributed by atoms with E-state index in [1.807, 2.05) is 6.92 Å². The second-order valence-electron chi connectivity index (χ2n) is 4.48. The van der Waals surface area contributed by atoms with Crippen molar-refractivity contribution in [1.29, 1.82) is 0 Å². The van der Waals surface area contributed by atoms with Crippen LogP contribution in [0.5, 0.6) is 0 Å². The molecule has 1 aromatic rings. The van der Waals surface area contributed by atoms with E-state index in [0.717, 1.165) is 5.56 Å². The van der Waals surface area contributed by atoms with Gasteiger partial charge in [-0.1, -0.05) is 6.07 Å². The number of methoxy groups -OCH3 is 1. The van der Waals surface area contributed by atoms with Crippen LogP contribution in [-0.4, -0.2) is 31.8 Å². The maximum absolute atomic E-state index is 11.6. The van der Waals surface area contributed by atoms with Crippen molar-refractivity contribution in [3.05, 3.63) is 23.8 Å². The van der Waals surface area contributed by atoms with Crippen molar-refractivity contribution >= 4 is 23.4 Å². The lowest BCUT2D eigenvalue weighted by Gasteiger charge is -2.13. The van der Waals surface area contributed by atoms with Crippen molar-refractivity contribution in [3.8, 4) is 0 Å². The molecule has 1 unspecified atom stereocenters. The summed E-state index contributed by atoms with van der Waals surface area (Å²) in [4.78, 5) is 22.6. The van der Waals surface area contributed by atoms with Crippen molar-refractivity contribution in [1.82, 2.24) is 0 Å². The Balaban J connectivity index is 2.66. The van der Waals surface area contributed by atoms with Gasteiger partial charge in [0.1, 0.15) is 6.61 Å². The van der Waals surface area contributed by atoms with E-state index in [1.54, 1.807) is 32.2 Å². The molecule has 0 saturated heterocycles. The van der Waals surface area contributed by atoms with Gasteiger partial charge in [-0.3, -0.25) is 10.1 Å². The maximum atomic E-state index is 11.6. The minimum absolute atomic E-state index is 0.160. The van der Waals surface area contributed by atoms with E-state index in [4.69, 9.17) is 9.47 Å². The predicted molar refractivity (Wildman–Crippen MR) is 76.9 cm³/mol. The van der Waals surface area contributed by atoms with E-state index >= 15 is 0 Å². The quantitative estimate of drug-likeness (QED) is 0.869. The molecule has 6 nitrogen and oxygen atoms in total. The average molecular weight is 280 g/mol. The molecule has 2 N–H and O–H groups in total. The first-order valence-corrected chi connectivity index (χ1v) is 6.27. The second-order valence-corrected chi connectivity index (χ2v) is 4.48. The molecule has 110 valence electrons. The number of carbonyl (C=O) groups is 2. The van der Waals surface area contributed by atoms with Crippen molar-refractivity contribution in [3.63, 3.8) is 0 Å². The highest BCUT2D eigenvalue weighted by Crippen LogP contribution is 2.20. The monoisotopic (exact) mass is 280 g/mol. The summed E-state index contributed by atoms with van der Waals surface area (Å²) in [6.07, 6.45) is -0.718. The van der Waals surface area contributed by atoms with Crippen molar-refractivity contribution < 1.29 is 19.1 Å². The Kier molecular flexibility index (Phi) is 5.99. The molecule has 0 spiro atoms. The number of aryl methyl sites for hydroxylation is 1. The van der Waals surface area contributed by atoms with Crippen molar-refractivity contribution in [2.75, 3.05) is 24.4 Å². The Morgan fingerprint density at radius 3 is 2.60 bits per heavy atom. The zero-order valence-corrected chi connectivity index (χ0v) is 12.1. The van der Waals surface area contributed by atoms with E-state index in [1.165, 1.54) is 6.92 Å². The van der Waals surface area contributed by atoms with Gasteiger partial charge < -0.3 is 14.8 Å². The van der Waals surface area contributed by atoms with Crippen LogP contribution in [0.25, 0.3) is 0 Å². The van der Waals surface area contributed by atoms with Crippen molar-refractivity contribution in [2.45, 2.75) is 26.9 Å². The Bertz CT molecular complexity index is 488. The molecule has 2 amide bonds. The lowest BCUT2D eigenvalue weighted by atomic mass is 10.2. The molecule has 0 aliphatic carbocycles. The van der Waals surface area contributed by atoms with Gasteiger partial charge in [0.25, 0.3) is 0 Å². The van der Waals surface area contributed by atoms with Crippen LogP contribution in [0.2, 0.25) is 0 Å². The first-order valence-electron chi connectivity index (χ1n) is 6.27. The third-order valence-corrected chi connectivity index (χ3v) is 2.65. The van der Waals surface area contributed by atoms with Gasteiger partial charge in [0.15, 0.2) is 0 Å². The lowest BCUT2D eigenvalue weighted by molar-refractivity contribution is -0.114. The van der Waals surface area contributed by atoms with E-state index in [9.17, 15) is 9.59 Å². The molecule has 1 rings (SSSR count). The first kappa shape index (κ1) is 16.0. The fraction of sp³-hybridized carbons (Fsp3) is 0.429. The molecule has 0 aliphatic heterocycles. The molecule has 0 aromatic heterocycles. The van der Waals surface area contributed by atoms with E-state index in [2.05, 4.69) is 10.6 Å². The van der Waals surface area contributed by atoms with Crippen LogP contribution in [0.15, 0.2) is 18.2 Å². The number of hydrogen-bond acceptors (Lipinski definition) is 4. The molecule has 1 aromatic carbocycles. The standard InChI is InChI=1S/C14H20N2O4/c1-9-5-6-12(15-11(3)17)7-13(9)16-14(18)20-8-10(2)19-4/h5-7,10H,8H2,1-4H3,(H,15,17)(H,16,18). The Labute approximate surface area is 118 Å². The summed E-state index contributed by atoms with van der Waals surface area (Å²) < 4.78 is 10.00. The van der Waals surface area contributed by atoms with Gasteiger partial charge in [0, 0.05) is 25.4 Å². The van der Waals surface area contributed by atoms with Crippen LogP contribution in [0.1, 0.15) is 19.4 Å². The lowest BCUT2D eigenvalue weighted by Crippen LogP contribution is -2.21. The summed E-state index contributed by atoms with van der Waals surface area (Å²) in [5, 5.41) is 5.29. The number of nitrogens with one attached hydrogen (secondary N) is 2. The highest BCUT2D eigenvalue weighted by Gasteiger charge is 2.09. The molecule has 0 fully saturated rings.